The van der Waals surface area contributed by atoms with E-state index in [2.05, 4.69) is 5.10 Å². The van der Waals surface area contributed by atoms with E-state index in [1.807, 2.05) is 30.3 Å². The van der Waals surface area contributed by atoms with Gasteiger partial charge in [-0.25, -0.2) is 9.48 Å². The summed E-state index contributed by atoms with van der Waals surface area (Å²) in [6.07, 6.45) is 1.63. The van der Waals surface area contributed by atoms with Crippen molar-refractivity contribution in [3.63, 3.8) is 0 Å². The zero-order chi connectivity index (χ0) is 17.2. The molecule has 3 aromatic rings. The van der Waals surface area contributed by atoms with Crippen molar-refractivity contribution in [3.8, 4) is 28.7 Å². The summed E-state index contributed by atoms with van der Waals surface area (Å²) in [7, 11) is 1.48. The zero-order valence-corrected chi connectivity index (χ0v) is 13.3. The second-order valence-electron chi connectivity index (χ2n) is 5.23. The number of ether oxygens (including phenoxy) is 4. The van der Waals surface area contributed by atoms with Crippen molar-refractivity contribution in [2.75, 3.05) is 13.9 Å². The normalized spacial score (nSPS) is 12.0. The van der Waals surface area contributed by atoms with Crippen LogP contribution in [0.4, 0.5) is 0 Å². The number of hydrogen-bond acceptors (Lipinski definition) is 6. The first-order chi connectivity index (χ1) is 12.2. The highest BCUT2D eigenvalue weighted by molar-refractivity contribution is 5.92. The highest BCUT2D eigenvalue weighted by Gasteiger charge is 2.22. The summed E-state index contributed by atoms with van der Waals surface area (Å²) in [4.78, 5) is 12.5. The lowest BCUT2D eigenvalue weighted by molar-refractivity contribution is 0.0724. The minimum atomic E-state index is -0.620. The van der Waals surface area contributed by atoms with E-state index < -0.39 is 5.97 Å². The molecule has 0 saturated carbocycles. The molecule has 7 nitrogen and oxygen atoms in total. The lowest BCUT2D eigenvalue weighted by atomic mass is 10.3. The molecule has 0 unspecified atom stereocenters. The maximum Gasteiger partial charge on any atom is 0.368 e. The minimum Gasteiger partial charge on any atom is -0.493 e. The van der Waals surface area contributed by atoms with Crippen LogP contribution in [-0.4, -0.2) is 29.7 Å². The van der Waals surface area contributed by atoms with Gasteiger partial charge in [-0.15, -0.1) is 0 Å². The van der Waals surface area contributed by atoms with Crippen molar-refractivity contribution in [2.45, 2.75) is 0 Å². The number of para-hydroxylation sites is 1. The van der Waals surface area contributed by atoms with Crippen molar-refractivity contribution in [2.24, 2.45) is 0 Å². The molecule has 1 aromatic heterocycles. The molecule has 0 N–H and O–H groups in total. The average molecular weight is 338 g/mol. The van der Waals surface area contributed by atoms with Gasteiger partial charge in [0.05, 0.1) is 19.0 Å². The van der Waals surface area contributed by atoms with Crippen molar-refractivity contribution in [3.05, 3.63) is 60.4 Å². The Bertz CT molecular complexity index is 920. The number of carbonyl (C=O) groups excluding carboxylic acids is 1. The van der Waals surface area contributed by atoms with E-state index in [0.29, 0.717) is 23.0 Å². The molecule has 0 saturated heterocycles. The molecule has 1 aliphatic heterocycles. The maximum absolute atomic E-state index is 12.5. The number of methoxy groups -OCH3 is 1. The fraction of sp³-hybridized carbons (Fsp3) is 0.111. The molecular formula is C18H14N2O5. The number of carbonyl (C=O) groups is 1. The molecule has 126 valence electrons. The monoisotopic (exact) mass is 338 g/mol. The summed E-state index contributed by atoms with van der Waals surface area (Å²) in [6.45, 7) is 0.155. The van der Waals surface area contributed by atoms with Crippen LogP contribution >= 0.6 is 0 Å². The van der Waals surface area contributed by atoms with Gasteiger partial charge in [0.15, 0.2) is 17.2 Å². The van der Waals surface area contributed by atoms with Gasteiger partial charge in [0.2, 0.25) is 12.5 Å². The number of nitrogens with zero attached hydrogens (tertiary/aromatic N) is 2. The average Bonchev–Trinajstić information content (AvgIpc) is 3.28. The molecule has 0 radical (unpaired) electrons. The Labute approximate surface area is 143 Å². The van der Waals surface area contributed by atoms with Crippen LogP contribution in [0.1, 0.15) is 10.5 Å². The minimum absolute atomic E-state index is 0.0871. The van der Waals surface area contributed by atoms with Crippen molar-refractivity contribution in [1.29, 1.82) is 0 Å². The largest absolute Gasteiger partial charge is 0.493 e. The number of esters is 1. The first-order valence-corrected chi connectivity index (χ1v) is 7.55. The number of aromatic nitrogens is 2. The van der Waals surface area contributed by atoms with E-state index in [9.17, 15) is 4.79 Å². The van der Waals surface area contributed by atoms with Crippen LogP contribution < -0.4 is 18.9 Å². The molecule has 4 rings (SSSR count). The SMILES string of the molecule is COc1cn(-c2ccccc2)nc1C(=O)Oc1ccc2c(c1)OCO2. The molecule has 7 heteroatoms. The molecule has 2 heterocycles. The van der Waals surface area contributed by atoms with Gasteiger partial charge in [0.25, 0.3) is 0 Å². The second kappa shape index (κ2) is 6.20. The third-order valence-electron chi connectivity index (χ3n) is 3.67. The molecule has 0 aliphatic carbocycles. The summed E-state index contributed by atoms with van der Waals surface area (Å²) in [6, 6.07) is 14.3. The Hall–Kier alpha value is -3.48. The van der Waals surface area contributed by atoms with Gasteiger partial charge < -0.3 is 18.9 Å². The predicted molar refractivity (Wildman–Crippen MR) is 87.6 cm³/mol. The summed E-state index contributed by atoms with van der Waals surface area (Å²) in [5.74, 6) is 1.20. The fourth-order valence-electron chi connectivity index (χ4n) is 2.46. The molecular weight excluding hydrogens is 324 g/mol. The van der Waals surface area contributed by atoms with Crippen LogP contribution in [0.5, 0.6) is 23.0 Å². The molecule has 0 fully saturated rings. The van der Waals surface area contributed by atoms with Crippen molar-refractivity contribution < 1.29 is 23.7 Å². The second-order valence-corrected chi connectivity index (χ2v) is 5.23. The Morgan fingerprint density at radius 3 is 2.72 bits per heavy atom. The summed E-state index contributed by atoms with van der Waals surface area (Å²) < 4.78 is 22.7. The number of benzene rings is 2. The van der Waals surface area contributed by atoms with Crippen molar-refractivity contribution in [1.82, 2.24) is 9.78 Å². The van der Waals surface area contributed by atoms with Crippen LogP contribution in [0.2, 0.25) is 0 Å². The van der Waals surface area contributed by atoms with Gasteiger partial charge in [-0.2, -0.15) is 5.10 Å². The van der Waals surface area contributed by atoms with Crippen LogP contribution in [-0.2, 0) is 0 Å². The van der Waals surface area contributed by atoms with E-state index in [1.165, 1.54) is 7.11 Å². The summed E-state index contributed by atoms with van der Waals surface area (Å²) in [5, 5.41) is 4.28. The summed E-state index contributed by atoms with van der Waals surface area (Å²) >= 11 is 0. The lowest BCUT2D eigenvalue weighted by Crippen LogP contribution is -2.11. The lowest BCUT2D eigenvalue weighted by Gasteiger charge is -2.04. The molecule has 0 bridgehead atoms. The van der Waals surface area contributed by atoms with Gasteiger partial charge in [0, 0.05) is 6.07 Å². The quantitative estimate of drug-likeness (QED) is 0.538. The highest BCUT2D eigenvalue weighted by Crippen LogP contribution is 2.35. The fourth-order valence-corrected chi connectivity index (χ4v) is 2.46. The first-order valence-electron chi connectivity index (χ1n) is 7.55. The van der Waals surface area contributed by atoms with Crippen LogP contribution in [0.15, 0.2) is 54.7 Å². The van der Waals surface area contributed by atoms with E-state index in [4.69, 9.17) is 18.9 Å². The molecule has 0 atom stereocenters. The van der Waals surface area contributed by atoms with Crippen LogP contribution in [0, 0.1) is 0 Å². The number of fused-ring (bicyclic) bond motifs is 1. The van der Waals surface area contributed by atoms with E-state index in [0.717, 1.165) is 5.69 Å². The first kappa shape index (κ1) is 15.1. The number of rotatable bonds is 4. The van der Waals surface area contributed by atoms with E-state index in [-0.39, 0.29) is 12.5 Å². The highest BCUT2D eigenvalue weighted by atomic mass is 16.7. The van der Waals surface area contributed by atoms with Crippen LogP contribution in [0.3, 0.4) is 0 Å². The zero-order valence-electron chi connectivity index (χ0n) is 13.3. The molecule has 0 spiro atoms. The third-order valence-corrected chi connectivity index (χ3v) is 3.67. The molecule has 0 amide bonds. The van der Waals surface area contributed by atoms with Gasteiger partial charge in [-0.05, 0) is 24.3 Å². The standard InChI is InChI=1S/C18H14N2O5/c1-22-16-10-20(12-5-3-2-4-6-12)19-17(16)18(21)25-13-7-8-14-15(9-13)24-11-23-14/h2-10H,11H2,1H3. The maximum atomic E-state index is 12.5. The van der Waals surface area contributed by atoms with Gasteiger partial charge >= 0.3 is 5.97 Å². The smallest absolute Gasteiger partial charge is 0.368 e. The van der Waals surface area contributed by atoms with E-state index >= 15 is 0 Å². The van der Waals surface area contributed by atoms with Gasteiger partial charge in [0.1, 0.15) is 5.75 Å². The van der Waals surface area contributed by atoms with Gasteiger partial charge in [-0.3, -0.25) is 0 Å². The van der Waals surface area contributed by atoms with Gasteiger partial charge in [-0.1, -0.05) is 18.2 Å². The topological polar surface area (TPSA) is 71.8 Å². The Kier molecular flexibility index (Phi) is 3.74. The number of hydrogen-bond donors (Lipinski definition) is 0. The molecule has 1 aliphatic rings. The summed E-state index contributed by atoms with van der Waals surface area (Å²) in [5.41, 5.74) is 0.895. The predicted octanol–water partition coefficient (Wildman–Crippen LogP) is 2.83. The van der Waals surface area contributed by atoms with Crippen molar-refractivity contribution >= 4 is 5.97 Å². The third kappa shape index (κ3) is 2.87. The molecule has 2 aromatic carbocycles. The Morgan fingerprint density at radius 2 is 1.92 bits per heavy atom. The molecule has 25 heavy (non-hydrogen) atoms. The Balaban J connectivity index is 1.60. The van der Waals surface area contributed by atoms with E-state index in [1.54, 1.807) is 29.1 Å². The Morgan fingerprint density at radius 1 is 1.12 bits per heavy atom. The van der Waals surface area contributed by atoms with Crippen LogP contribution in [0.25, 0.3) is 5.69 Å².